The average Bonchev–Trinajstić information content (AvgIpc) is 2.86. The molecule has 0 aliphatic heterocycles. The average molecular weight is 460 g/mol. The highest BCUT2D eigenvalue weighted by atomic mass is 16.6. The molecule has 1 N–H and O–H groups in total. The molecule has 3 aromatic rings. The minimum Gasteiger partial charge on any atom is -0.493 e. The van der Waals surface area contributed by atoms with Crippen molar-refractivity contribution in [2.45, 2.75) is 0 Å². The molecule has 0 fully saturated rings. The number of anilines is 1. The van der Waals surface area contributed by atoms with Crippen molar-refractivity contribution in [2.24, 2.45) is 0 Å². The van der Waals surface area contributed by atoms with Crippen LogP contribution in [-0.2, 0) is 0 Å². The molecule has 3 aromatic carbocycles. The molecule has 3 rings (SSSR count). The van der Waals surface area contributed by atoms with Gasteiger partial charge in [0.2, 0.25) is 5.75 Å². The zero-order chi connectivity index (χ0) is 24.5. The van der Waals surface area contributed by atoms with Gasteiger partial charge in [0, 0.05) is 24.0 Å². The van der Waals surface area contributed by atoms with Gasteiger partial charge in [-0.25, -0.2) is 0 Å². The normalized spacial score (nSPS) is 10.9. The number of para-hydroxylation sites is 1. The Labute approximate surface area is 197 Å². The van der Waals surface area contributed by atoms with Gasteiger partial charge in [-0.15, -0.1) is 0 Å². The van der Waals surface area contributed by atoms with Crippen molar-refractivity contribution >= 4 is 29.3 Å². The van der Waals surface area contributed by atoms with Crippen LogP contribution in [0, 0.1) is 10.1 Å². The van der Waals surface area contributed by atoms with Crippen LogP contribution >= 0.6 is 0 Å². The Kier molecular flexibility index (Phi) is 8.02. The third-order valence-electron chi connectivity index (χ3n) is 4.89. The summed E-state index contributed by atoms with van der Waals surface area (Å²) in [4.78, 5) is 22.9. The van der Waals surface area contributed by atoms with Gasteiger partial charge in [-0.05, 0) is 41.5 Å². The number of ether oxygens (including phenoxy) is 3. The Bertz CT molecular complexity index is 1220. The molecule has 0 unspecified atom stereocenters. The van der Waals surface area contributed by atoms with Gasteiger partial charge in [-0.3, -0.25) is 14.9 Å². The number of carbonyl (C=O) groups excluding carboxylic acids is 1. The molecule has 8 nitrogen and oxygen atoms in total. The van der Waals surface area contributed by atoms with Crippen LogP contribution in [0.3, 0.4) is 0 Å². The van der Waals surface area contributed by atoms with E-state index in [2.05, 4.69) is 5.32 Å². The predicted molar refractivity (Wildman–Crippen MR) is 132 cm³/mol. The molecule has 0 aromatic heterocycles. The van der Waals surface area contributed by atoms with E-state index < -0.39 is 10.7 Å². The van der Waals surface area contributed by atoms with E-state index >= 15 is 0 Å². The smallest absolute Gasteiger partial charge is 0.280 e. The molecule has 174 valence electrons. The van der Waals surface area contributed by atoms with Crippen LogP contribution in [0.5, 0.6) is 17.2 Å². The van der Waals surface area contributed by atoms with Crippen molar-refractivity contribution in [3.63, 3.8) is 0 Å². The highest BCUT2D eigenvalue weighted by Gasteiger charge is 2.17. The molecular formula is C26H24N2O6. The number of allylic oxidation sites excluding steroid dienone is 1. The molecular weight excluding hydrogens is 436 g/mol. The minimum atomic E-state index is -0.571. The molecule has 0 aliphatic carbocycles. The van der Waals surface area contributed by atoms with Gasteiger partial charge in [0.1, 0.15) is 0 Å². The lowest BCUT2D eigenvalue weighted by Crippen LogP contribution is -2.01. The molecule has 0 atom stereocenters. The van der Waals surface area contributed by atoms with Gasteiger partial charge < -0.3 is 19.5 Å². The lowest BCUT2D eigenvalue weighted by atomic mass is 10.1. The third-order valence-corrected chi connectivity index (χ3v) is 4.89. The zero-order valence-corrected chi connectivity index (χ0v) is 19.0. The SMILES string of the molecule is COc1cc(/C=C\c2cccc(N/C=C\C(=O)c3ccccc3[N+](=O)[O-])c2)cc(OC)c1OC. The topological polar surface area (TPSA) is 99.9 Å². The summed E-state index contributed by atoms with van der Waals surface area (Å²) in [7, 11) is 4.68. The third kappa shape index (κ3) is 5.80. The monoisotopic (exact) mass is 460 g/mol. The molecule has 0 radical (unpaired) electrons. The van der Waals surface area contributed by atoms with Crippen LogP contribution in [0.1, 0.15) is 21.5 Å². The summed E-state index contributed by atoms with van der Waals surface area (Å²) in [6.07, 6.45) is 6.56. The van der Waals surface area contributed by atoms with Crippen molar-refractivity contribution in [1.82, 2.24) is 0 Å². The molecule has 0 amide bonds. The van der Waals surface area contributed by atoms with E-state index in [1.54, 1.807) is 27.4 Å². The summed E-state index contributed by atoms with van der Waals surface area (Å²) < 4.78 is 16.1. The van der Waals surface area contributed by atoms with E-state index in [9.17, 15) is 14.9 Å². The van der Waals surface area contributed by atoms with Gasteiger partial charge in [0.05, 0.1) is 31.8 Å². The fourth-order valence-corrected chi connectivity index (χ4v) is 3.27. The number of ketones is 1. The first kappa shape index (κ1) is 24.1. The van der Waals surface area contributed by atoms with Crippen LogP contribution in [0.25, 0.3) is 12.2 Å². The molecule has 0 spiro atoms. The number of nitrogens with one attached hydrogen (secondary N) is 1. The Balaban J connectivity index is 1.73. The maximum absolute atomic E-state index is 12.4. The van der Waals surface area contributed by atoms with Gasteiger partial charge >= 0.3 is 0 Å². The van der Waals surface area contributed by atoms with Gasteiger partial charge in [0.15, 0.2) is 17.3 Å². The largest absolute Gasteiger partial charge is 0.493 e. The Morgan fingerprint density at radius 1 is 0.882 bits per heavy atom. The van der Waals surface area contributed by atoms with Gasteiger partial charge in [-0.1, -0.05) is 36.4 Å². The molecule has 8 heteroatoms. The number of hydrogen-bond donors (Lipinski definition) is 1. The Morgan fingerprint density at radius 3 is 2.21 bits per heavy atom. The lowest BCUT2D eigenvalue weighted by Gasteiger charge is -2.12. The second-order valence-corrected chi connectivity index (χ2v) is 7.03. The van der Waals surface area contributed by atoms with Crippen LogP contribution in [0.4, 0.5) is 11.4 Å². The maximum atomic E-state index is 12.4. The quantitative estimate of drug-likeness (QED) is 0.138. The van der Waals surface area contributed by atoms with Crippen LogP contribution in [-0.4, -0.2) is 32.0 Å². The summed E-state index contributed by atoms with van der Waals surface area (Å²) >= 11 is 0. The molecule has 0 aliphatic rings. The first-order valence-corrected chi connectivity index (χ1v) is 10.3. The van der Waals surface area contributed by atoms with Crippen molar-refractivity contribution in [1.29, 1.82) is 0 Å². The van der Waals surface area contributed by atoms with E-state index in [-0.39, 0.29) is 11.3 Å². The van der Waals surface area contributed by atoms with Crippen molar-refractivity contribution in [3.05, 3.63) is 99.7 Å². The lowest BCUT2D eigenvalue weighted by molar-refractivity contribution is -0.385. The number of carbonyl (C=O) groups is 1. The molecule has 0 bridgehead atoms. The molecule has 34 heavy (non-hydrogen) atoms. The molecule has 0 heterocycles. The number of nitrogens with zero attached hydrogens (tertiary/aromatic N) is 1. The fraction of sp³-hybridized carbons (Fsp3) is 0.115. The summed E-state index contributed by atoms with van der Waals surface area (Å²) in [5.74, 6) is 1.18. The van der Waals surface area contributed by atoms with Crippen LogP contribution < -0.4 is 19.5 Å². The predicted octanol–water partition coefficient (Wildman–Crippen LogP) is 5.60. The number of hydrogen-bond acceptors (Lipinski definition) is 7. The Hall–Kier alpha value is -4.59. The number of nitro groups is 1. The first-order chi connectivity index (χ1) is 16.5. The van der Waals surface area contributed by atoms with E-state index in [1.165, 1.54) is 30.5 Å². The first-order valence-electron chi connectivity index (χ1n) is 10.3. The van der Waals surface area contributed by atoms with Crippen molar-refractivity contribution < 1.29 is 23.9 Å². The van der Waals surface area contributed by atoms with Crippen molar-refractivity contribution in [2.75, 3.05) is 26.6 Å². The summed E-state index contributed by atoms with van der Waals surface area (Å²) in [6, 6.07) is 17.1. The van der Waals surface area contributed by atoms with E-state index in [4.69, 9.17) is 14.2 Å². The number of methoxy groups -OCH3 is 3. The second kappa shape index (κ2) is 11.3. The Morgan fingerprint density at radius 2 is 1.56 bits per heavy atom. The van der Waals surface area contributed by atoms with Crippen LogP contribution in [0.2, 0.25) is 0 Å². The van der Waals surface area contributed by atoms with E-state index in [0.29, 0.717) is 17.2 Å². The minimum absolute atomic E-state index is 0.0348. The summed E-state index contributed by atoms with van der Waals surface area (Å²) in [5.41, 5.74) is 2.34. The zero-order valence-electron chi connectivity index (χ0n) is 19.0. The highest BCUT2D eigenvalue weighted by molar-refractivity contribution is 6.07. The van der Waals surface area contributed by atoms with Gasteiger partial charge in [-0.2, -0.15) is 0 Å². The summed E-state index contributed by atoms with van der Waals surface area (Å²) in [6.45, 7) is 0. The number of rotatable bonds is 10. The fourth-order valence-electron chi connectivity index (χ4n) is 3.27. The van der Waals surface area contributed by atoms with Crippen molar-refractivity contribution in [3.8, 4) is 17.2 Å². The van der Waals surface area contributed by atoms with Crippen LogP contribution in [0.15, 0.2) is 72.9 Å². The van der Waals surface area contributed by atoms with E-state index in [1.807, 2.05) is 48.6 Å². The molecule has 0 saturated carbocycles. The molecule has 0 saturated heterocycles. The highest BCUT2D eigenvalue weighted by Crippen LogP contribution is 2.38. The summed E-state index contributed by atoms with van der Waals surface area (Å²) in [5, 5.41) is 14.1. The number of benzene rings is 3. The van der Waals surface area contributed by atoms with Gasteiger partial charge in [0.25, 0.3) is 5.69 Å². The van der Waals surface area contributed by atoms with E-state index in [0.717, 1.165) is 16.8 Å². The second-order valence-electron chi connectivity index (χ2n) is 7.03. The maximum Gasteiger partial charge on any atom is 0.280 e. The number of nitro benzene ring substituents is 1. The standard InChI is InChI=1S/C26H24N2O6/c1-32-24-16-19(17-25(33-2)26(24)34-3)12-11-18-7-6-8-20(15-18)27-14-13-23(29)21-9-4-5-10-22(21)28(30)31/h4-17,27H,1-3H3/b12-11-,14-13-.